The molecule has 0 unspecified atom stereocenters. The van der Waals surface area contributed by atoms with Crippen molar-refractivity contribution in [3.8, 4) is 5.75 Å². The van der Waals surface area contributed by atoms with E-state index in [0.717, 1.165) is 5.75 Å². The van der Waals surface area contributed by atoms with Crippen molar-refractivity contribution in [1.29, 1.82) is 0 Å². The molecule has 0 fully saturated rings. The summed E-state index contributed by atoms with van der Waals surface area (Å²) in [7, 11) is 1.59. The number of aromatic nitrogens is 3. The Morgan fingerprint density at radius 2 is 1.67 bits per heavy atom. The number of amides is 2. The second-order valence-electron chi connectivity index (χ2n) is 5.72. The lowest BCUT2D eigenvalue weighted by Crippen LogP contribution is -2.15. The molecule has 138 valence electrons. The van der Waals surface area contributed by atoms with Gasteiger partial charge in [-0.3, -0.25) is 14.3 Å². The van der Waals surface area contributed by atoms with Crippen LogP contribution >= 0.6 is 0 Å². The van der Waals surface area contributed by atoms with E-state index in [1.807, 2.05) is 0 Å². The van der Waals surface area contributed by atoms with E-state index in [0.29, 0.717) is 23.5 Å². The zero-order chi connectivity index (χ0) is 19.1. The Morgan fingerprint density at radius 1 is 1.00 bits per heavy atom. The molecule has 8 nitrogen and oxygen atoms in total. The van der Waals surface area contributed by atoms with E-state index in [2.05, 4.69) is 20.9 Å². The Kier molecular flexibility index (Phi) is 5.78. The average Bonchev–Trinajstić information content (AvgIpc) is 3.21. The Labute approximate surface area is 156 Å². The van der Waals surface area contributed by atoms with Crippen molar-refractivity contribution in [2.24, 2.45) is 0 Å². The van der Waals surface area contributed by atoms with Crippen LogP contribution in [0, 0.1) is 0 Å². The lowest BCUT2D eigenvalue weighted by molar-refractivity contribution is -0.116. The lowest BCUT2D eigenvalue weighted by atomic mass is 10.2. The summed E-state index contributed by atoms with van der Waals surface area (Å²) < 4.78 is 6.68. The summed E-state index contributed by atoms with van der Waals surface area (Å²) in [5.74, 6) is 0.349. The van der Waals surface area contributed by atoms with Crippen LogP contribution in [0.15, 0.2) is 60.9 Å². The Balaban J connectivity index is 1.52. The summed E-state index contributed by atoms with van der Waals surface area (Å²) in [6, 6.07) is 13.8. The van der Waals surface area contributed by atoms with Gasteiger partial charge >= 0.3 is 0 Å². The lowest BCUT2D eigenvalue weighted by Gasteiger charge is -2.08. The van der Waals surface area contributed by atoms with E-state index in [-0.39, 0.29) is 18.2 Å². The van der Waals surface area contributed by atoms with Crippen molar-refractivity contribution >= 4 is 23.2 Å². The average molecular weight is 365 g/mol. The number of nitrogens with zero attached hydrogens (tertiary/aromatic N) is 3. The number of rotatable bonds is 7. The van der Waals surface area contributed by atoms with Crippen molar-refractivity contribution in [3.05, 3.63) is 66.5 Å². The summed E-state index contributed by atoms with van der Waals surface area (Å²) >= 11 is 0. The first-order valence-corrected chi connectivity index (χ1v) is 8.33. The third kappa shape index (κ3) is 5.15. The van der Waals surface area contributed by atoms with Crippen LogP contribution in [0.25, 0.3) is 0 Å². The first-order valence-electron chi connectivity index (χ1n) is 8.33. The molecule has 0 saturated carbocycles. The largest absolute Gasteiger partial charge is 0.497 e. The van der Waals surface area contributed by atoms with Crippen LogP contribution < -0.4 is 15.4 Å². The van der Waals surface area contributed by atoms with Gasteiger partial charge in [-0.25, -0.2) is 0 Å². The number of nitrogens with one attached hydrogen (secondary N) is 2. The maximum absolute atomic E-state index is 12.3. The number of benzene rings is 2. The van der Waals surface area contributed by atoms with E-state index in [1.165, 1.54) is 0 Å². The molecule has 1 aromatic heterocycles. The number of hydrogen-bond acceptors (Lipinski definition) is 5. The number of carbonyl (C=O) groups is 2. The SMILES string of the molecule is COc1ccc(NC(=O)c2ccc(NC(=O)CCn3ccnn3)cc2)cc1. The number of hydrogen-bond donors (Lipinski definition) is 2. The maximum Gasteiger partial charge on any atom is 0.255 e. The molecule has 0 saturated heterocycles. The molecular weight excluding hydrogens is 346 g/mol. The highest BCUT2D eigenvalue weighted by atomic mass is 16.5. The van der Waals surface area contributed by atoms with E-state index in [4.69, 9.17) is 4.74 Å². The minimum absolute atomic E-state index is 0.138. The smallest absolute Gasteiger partial charge is 0.255 e. The van der Waals surface area contributed by atoms with Crippen LogP contribution in [0.2, 0.25) is 0 Å². The third-order valence-corrected chi connectivity index (χ3v) is 3.82. The fourth-order valence-corrected chi connectivity index (χ4v) is 2.37. The molecular formula is C19H19N5O3. The minimum atomic E-state index is -0.232. The zero-order valence-corrected chi connectivity index (χ0v) is 14.8. The molecule has 27 heavy (non-hydrogen) atoms. The molecule has 3 aromatic rings. The second kappa shape index (κ2) is 8.61. The van der Waals surface area contributed by atoms with E-state index in [9.17, 15) is 9.59 Å². The summed E-state index contributed by atoms with van der Waals surface area (Å²) in [5, 5.41) is 13.1. The molecule has 3 rings (SSSR count). The van der Waals surface area contributed by atoms with Gasteiger partial charge < -0.3 is 15.4 Å². The molecule has 0 spiro atoms. The number of methoxy groups -OCH3 is 1. The van der Waals surface area contributed by atoms with Crippen LogP contribution in [0.4, 0.5) is 11.4 Å². The van der Waals surface area contributed by atoms with Crippen molar-refractivity contribution < 1.29 is 14.3 Å². The molecule has 0 aliphatic rings. The predicted molar refractivity (Wildman–Crippen MR) is 101 cm³/mol. The highest BCUT2D eigenvalue weighted by molar-refractivity contribution is 6.04. The molecule has 0 aliphatic carbocycles. The van der Waals surface area contributed by atoms with Gasteiger partial charge in [0.1, 0.15) is 5.75 Å². The quantitative estimate of drug-likeness (QED) is 0.670. The number of ether oxygens (including phenoxy) is 1. The number of anilines is 2. The van der Waals surface area contributed by atoms with Gasteiger partial charge in [-0.15, -0.1) is 5.10 Å². The van der Waals surface area contributed by atoms with Gasteiger partial charge in [-0.05, 0) is 48.5 Å². The van der Waals surface area contributed by atoms with Crippen LogP contribution in [0.3, 0.4) is 0 Å². The Morgan fingerprint density at radius 3 is 2.30 bits per heavy atom. The first kappa shape index (κ1) is 18.1. The van der Waals surface area contributed by atoms with Gasteiger partial charge in [0, 0.05) is 29.6 Å². The van der Waals surface area contributed by atoms with Crippen molar-refractivity contribution in [2.75, 3.05) is 17.7 Å². The molecule has 0 atom stereocenters. The predicted octanol–water partition coefficient (Wildman–Crippen LogP) is 2.57. The maximum atomic E-state index is 12.3. The van der Waals surface area contributed by atoms with Crippen molar-refractivity contribution in [3.63, 3.8) is 0 Å². The third-order valence-electron chi connectivity index (χ3n) is 3.82. The van der Waals surface area contributed by atoms with E-state index >= 15 is 0 Å². The number of carbonyl (C=O) groups excluding carboxylic acids is 2. The summed E-state index contributed by atoms with van der Waals surface area (Å²) in [6.07, 6.45) is 3.54. The molecule has 0 aliphatic heterocycles. The van der Waals surface area contributed by atoms with Gasteiger partial charge in [0.05, 0.1) is 19.9 Å². The molecule has 1 heterocycles. The molecule has 2 N–H and O–H groups in total. The molecule has 2 aromatic carbocycles. The van der Waals surface area contributed by atoms with E-state index in [1.54, 1.807) is 72.7 Å². The summed E-state index contributed by atoms with van der Waals surface area (Å²) in [4.78, 5) is 24.2. The van der Waals surface area contributed by atoms with Crippen LogP contribution in [0.1, 0.15) is 16.8 Å². The fraction of sp³-hybridized carbons (Fsp3) is 0.158. The fourth-order valence-electron chi connectivity index (χ4n) is 2.37. The monoisotopic (exact) mass is 365 g/mol. The van der Waals surface area contributed by atoms with Gasteiger partial charge in [-0.1, -0.05) is 5.21 Å². The van der Waals surface area contributed by atoms with E-state index < -0.39 is 0 Å². The van der Waals surface area contributed by atoms with Crippen LogP contribution in [-0.2, 0) is 11.3 Å². The highest BCUT2D eigenvalue weighted by Gasteiger charge is 2.08. The van der Waals surface area contributed by atoms with Gasteiger partial charge in [-0.2, -0.15) is 0 Å². The number of aryl methyl sites for hydroxylation is 1. The van der Waals surface area contributed by atoms with Crippen molar-refractivity contribution in [1.82, 2.24) is 15.0 Å². The highest BCUT2D eigenvalue weighted by Crippen LogP contribution is 2.17. The Bertz CT molecular complexity index is 890. The minimum Gasteiger partial charge on any atom is -0.497 e. The summed E-state index contributed by atoms with van der Waals surface area (Å²) in [5.41, 5.74) is 1.79. The van der Waals surface area contributed by atoms with Crippen LogP contribution in [0.5, 0.6) is 5.75 Å². The molecule has 0 bridgehead atoms. The first-order chi connectivity index (χ1) is 13.1. The molecule has 2 amide bonds. The zero-order valence-electron chi connectivity index (χ0n) is 14.8. The molecule has 8 heteroatoms. The molecule has 0 radical (unpaired) electrons. The second-order valence-corrected chi connectivity index (χ2v) is 5.72. The van der Waals surface area contributed by atoms with Gasteiger partial charge in [0.25, 0.3) is 5.91 Å². The normalized spacial score (nSPS) is 10.3. The topological polar surface area (TPSA) is 98.1 Å². The Hall–Kier alpha value is -3.68. The standard InChI is InChI=1S/C19H19N5O3/c1-27-17-8-6-16(7-9-17)22-19(26)14-2-4-15(5-3-14)21-18(25)10-12-24-13-11-20-23-24/h2-9,11,13H,10,12H2,1H3,(H,21,25)(H,22,26). The van der Waals surface area contributed by atoms with Crippen LogP contribution in [-0.4, -0.2) is 33.9 Å². The van der Waals surface area contributed by atoms with Crippen molar-refractivity contribution in [2.45, 2.75) is 13.0 Å². The summed E-state index contributed by atoms with van der Waals surface area (Å²) in [6.45, 7) is 0.453. The van der Waals surface area contributed by atoms with Gasteiger partial charge in [0.15, 0.2) is 0 Å². The van der Waals surface area contributed by atoms with Gasteiger partial charge in [0.2, 0.25) is 5.91 Å².